The van der Waals surface area contributed by atoms with E-state index in [0.717, 1.165) is 19.4 Å². The van der Waals surface area contributed by atoms with Gasteiger partial charge in [-0.2, -0.15) is 23.1 Å². The molecule has 2 aromatic heterocycles. The molecule has 2 aliphatic heterocycles. The molecule has 43 heavy (non-hydrogen) atoms. The molecule has 0 saturated carbocycles. The first-order valence-corrected chi connectivity index (χ1v) is 14.4. The molecule has 2 aliphatic rings. The molecule has 0 unspecified atom stereocenters. The van der Waals surface area contributed by atoms with E-state index in [1.165, 1.54) is 32.1 Å². The largest absolute Gasteiger partial charge is 0.462 e. The monoisotopic (exact) mass is 620 g/mol. The lowest BCUT2D eigenvalue weighted by molar-refractivity contribution is -0.137. The number of anilines is 1. The standard InChI is InChI=1S/C30H33ClF4N6O2/c1-6-22(42)40-10-11-41(18(4)14-40)28-20-13-21(31)23(27-24(30(33,34)35)16(2)12-17(3)36-27)25(32)26(20)37-29(38-28)43-15-19-8-7-9-39(19)5/h6,12-13,18-19H,1,7-11,14-15H2,2-5H3/t18-,19-/m0/s1. The molecule has 4 heterocycles. The molecule has 1 aromatic carbocycles. The van der Waals surface area contributed by atoms with Crippen molar-refractivity contribution in [1.82, 2.24) is 24.8 Å². The summed E-state index contributed by atoms with van der Waals surface area (Å²) in [6.45, 7) is 10.5. The van der Waals surface area contributed by atoms with Crippen LogP contribution in [-0.2, 0) is 11.0 Å². The fourth-order valence-corrected chi connectivity index (χ4v) is 6.28. The van der Waals surface area contributed by atoms with Crippen LogP contribution in [0, 0.1) is 19.7 Å². The smallest absolute Gasteiger partial charge is 0.418 e. The molecule has 0 N–H and O–H groups in total. The zero-order chi connectivity index (χ0) is 31.2. The quantitative estimate of drug-likeness (QED) is 0.254. The number of aryl methyl sites for hydroxylation is 2. The summed E-state index contributed by atoms with van der Waals surface area (Å²) < 4.78 is 65.2. The van der Waals surface area contributed by atoms with Crippen molar-refractivity contribution in [3.63, 3.8) is 0 Å². The number of ether oxygens (including phenoxy) is 1. The number of piperazine rings is 1. The SMILES string of the molecule is C=CC(=O)N1CCN(c2nc(OC[C@@H]3CCCN3C)nc3c(F)c(-c4nc(C)cc(C)c4C(F)(F)F)c(Cl)cc23)[C@@H](C)C1. The number of likely N-dealkylation sites (tertiary alicyclic amines) is 1. The molecule has 230 valence electrons. The van der Waals surface area contributed by atoms with Gasteiger partial charge in [0.2, 0.25) is 5.91 Å². The third kappa shape index (κ3) is 5.99. The van der Waals surface area contributed by atoms with Crippen LogP contribution in [0.5, 0.6) is 6.01 Å². The number of fused-ring (bicyclic) bond motifs is 1. The first-order chi connectivity index (χ1) is 20.3. The van der Waals surface area contributed by atoms with Crippen molar-refractivity contribution in [2.24, 2.45) is 0 Å². The van der Waals surface area contributed by atoms with Gasteiger partial charge in [0.15, 0.2) is 5.82 Å². The summed E-state index contributed by atoms with van der Waals surface area (Å²) in [6.07, 6.45) is -1.62. The second-order valence-corrected chi connectivity index (χ2v) is 11.6. The van der Waals surface area contributed by atoms with Gasteiger partial charge in [0.1, 0.15) is 17.9 Å². The summed E-state index contributed by atoms with van der Waals surface area (Å²) in [7, 11) is 1.99. The van der Waals surface area contributed by atoms with Crippen molar-refractivity contribution in [2.75, 3.05) is 44.7 Å². The lowest BCUT2D eigenvalue weighted by Gasteiger charge is -2.40. The van der Waals surface area contributed by atoms with Crippen LogP contribution in [-0.4, -0.2) is 82.6 Å². The zero-order valence-corrected chi connectivity index (χ0v) is 25.2. The average Bonchev–Trinajstić information content (AvgIpc) is 3.34. The van der Waals surface area contributed by atoms with E-state index >= 15 is 4.39 Å². The molecule has 1 amide bonds. The van der Waals surface area contributed by atoms with E-state index < -0.39 is 28.8 Å². The molecule has 0 bridgehead atoms. The highest BCUT2D eigenvalue weighted by Crippen LogP contribution is 2.44. The van der Waals surface area contributed by atoms with Crippen LogP contribution in [0.4, 0.5) is 23.4 Å². The Morgan fingerprint density at radius 3 is 2.56 bits per heavy atom. The van der Waals surface area contributed by atoms with E-state index in [1.54, 1.807) is 4.90 Å². The number of aromatic nitrogens is 3. The molecule has 2 saturated heterocycles. The Labute approximate surface area is 252 Å². The normalized spacial score (nSPS) is 19.7. The van der Waals surface area contributed by atoms with Gasteiger partial charge in [0, 0.05) is 42.8 Å². The number of likely N-dealkylation sites (N-methyl/N-ethyl adjacent to an activating group) is 1. The van der Waals surface area contributed by atoms with Gasteiger partial charge in [-0.25, -0.2) is 4.39 Å². The van der Waals surface area contributed by atoms with Crippen molar-refractivity contribution in [2.45, 2.75) is 51.9 Å². The Balaban J connectivity index is 1.68. The van der Waals surface area contributed by atoms with Crippen LogP contribution in [0.3, 0.4) is 0 Å². The minimum atomic E-state index is -4.80. The maximum atomic E-state index is 16.6. The van der Waals surface area contributed by atoms with Gasteiger partial charge < -0.3 is 19.4 Å². The van der Waals surface area contributed by atoms with E-state index in [9.17, 15) is 18.0 Å². The van der Waals surface area contributed by atoms with Gasteiger partial charge >= 0.3 is 12.2 Å². The number of rotatable bonds is 6. The molecule has 2 atom stereocenters. The van der Waals surface area contributed by atoms with Gasteiger partial charge in [-0.3, -0.25) is 9.78 Å². The summed E-state index contributed by atoms with van der Waals surface area (Å²) in [6, 6.07) is 2.45. The number of amides is 1. The highest BCUT2D eigenvalue weighted by Gasteiger charge is 2.39. The molecular weight excluding hydrogens is 588 g/mol. The minimum Gasteiger partial charge on any atom is -0.462 e. The highest BCUT2D eigenvalue weighted by atomic mass is 35.5. The molecule has 0 spiro atoms. The molecule has 0 radical (unpaired) electrons. The van der Waals surface area contributed by atoms with E-state index in [-0.39, 0.29) is 57.8 Å². The van der Waals surface area contributed by atoms with Gasteiger partial charge in [-0.1, -0.05) is 18.2 Å². The molecule has 5 rings (SSSR count). The Morgan fingerprint density at radius 1 is 1.19 bits per heavy atom. The molecular formula is C30H33ClF4N6O2. The average molecular weight is 621 g/mol. The van der Waals surface area contributed by atoms with E-state index in [1.807, 2.05) is 18.9 Å². The summed E-state index contributed by atoms with van der Waals surface area (Å²) in [4.78, 5) is 31.1. The van der Waals surface area contributed by atoms with Crippen molar-refractivity contribution >= 4 is 34.2 Å². The minimum absolute atomic E-state index is 0.0978. The number of alkyl halides is 3. The number of hydrogen-bond donors (Lipinski definition) is 0. The fourth-order valence-electron chi connectivity index (χ4n) is 6.00. The topological polar surface area (TPSA) is 74.7 Å². The maximum absolute atomic E-state index is 16.6. The summed E-state index contributed by atoms with van der Waals surface area (Å²) in [5.41, 5.74) is -2.21. The second-order valence-electron chi connectivity index (χ2n) is 11.2. The third-order valence-electron chi connectivity index (χ3n) is 8.17. The van der Waals surface area contributed by atoms with Crippen LogP contribution >= 0.6 is 11.6 Å². The Bertz CT molecular complexity index is 1580. The van der Waals surface area contributed by atoms with Gasteiger partial charge in [0.05, 0.1) is 21.8 Å². The third-order valence-corrected chi connectivity index (χ3v) is 8.47. The Morgan fingerprint density at radius 2 is 1.93 bits per heavy atom. The number of pyridine rings is 1. The highest BCUT2D eigenvalue weighted by molar-refractivity contribution is 6.34. The van der Waals surface area contributed by atoms with E-state index in [2.05, 4.69) is 26.4 Å². The fraction of sp³-hybridized carbons (Fsp3) is 0.467. The zero-order valence-electron chi connectivity index (χ0n) is 24.4. The first kappa shape index (κ1) is 30.9. The van der Waals surface area contributed by atoms with Gasteiger partial charge in [0.25, 0.3) is 0 Å². The van der Waals surface area contributed by atoms with Gasteiger partial charge in [-0.05, 0) is 71.0 Å². The van der Waals surface area contributed by atoms with Crippen LogP contribution in [0.2, 0.25) is 5.02 Å². The number of carbonyl (C=O) groups is 1. The second kappa shape index (κ2) is 11.9. The summed E-state index contributed by atoms with van der Waals surface area (Å²) in [5.74, 6) is -0.941. The van der Waals surface area contributed by atoms with Crippen LogP contribution in [0.15, 0.2) is 24.8 Å². The van der Waals surface area contributed by atoms with Crippen LogP contribution < -0.4 is 9.64 Å². The predicted molar refractivity (Wildman–Crippen MR) is 157 cm³/mol. The number of nitrogens with zero attached hydrogens (tertiary/aromatic N) is 6. The van der Waals surface area contributed by atoms with Crippen LogP contribution in [0.1, 0.15) is 36.6 Å². The van der Waals surface area contributed by atoms with Crippen molar-refractivity contribution in [3.05, 3.63) is 52.4 Å². The van der Waals surface area contributed by atoms with Crippen molar-refractivity contribution in [3.8, 4) is 17.3 Å². The van der Waals surface area contributed by atoms with E-state index in [4.69, 9.17) is 16.3 Å². The summed E-state index contributed by atoms with van der Waals surface area (Å²) >= 11 is 6.58. The lowest BCUT2D eigenvalue weighted by Crippen LogP contribution is -2.53. The molecule has 2 fully saturated rings. The van der Waals surface area contributed by atoms with Crippen molar-refractivity contribution < 1.29 is 27.1 Å². The number of carbonyl (C=O) groups excluding carboxylic acids is 1. The Kier molecular flexibility index (Phi) is 8.54. The number of halogens is 5. The van der Waals surface area contributed by atoms with E-state index in [0.29, 0.717) is 25.5 Å². The maximum Gasteiger partial charge on any atom is 0.418 e. The van der Waals surface area contributed by atoms with Crippen molar-refractivity contribution in [1.29, 1.82) is 0 Å². The number of benzene rings is 1. The predicted octanol–water partition coefficient (Wildman–Crippen LogP) is 5.82. The van der Waals surface area contributed by atoms with Gasteiger partial charge in [-0.15, -0.1) is 0 Å². The lowest BCUT2D eigenvalue weighted by atomic mass is 9.98. The summed E-state index contributed by atoms with van der Waals surface area (Å²) in [5, 5.41) is -0.0444. The Hall–Kier alpha value is -3.51. The van der Waals surface area contributed by atoms with Crippen LogP contribution in [0.25, 0.3) is 22.2 Å². The molecule has 8 nitrogen and oxygen atoms in total. The molecule has 0 aliphatic carbocycles. The number of hydrogen-bond acceptors (Lipinski definition) is 7. The molecule has 3 aromatic rings. The first-order valence-electron chi connectivity index (χ1n) is 14.1. The molecule has 13 heteroatoms.